The van der Waals surface area contributed by atoms with Crippen LogP contribution < -0.4 is 10.6 Å². The molecule has 6 nitrogen and oxygen atoms in total. The fourth-order valence-corrected chi connectivity index (χ4v) is 1.21. The maximum absolute atomic E-state index is 12.1. The zero-order valence-electron chi connectivity index (χ0n) is 10.2. The third-order valence-corrected chi connectivity index (χ3v) is 2.09. The minimum absolute atomic E-state index is 0.210. The number of nitrogens with zero attached hydrogens (tertiary/aromatic N) is 2. The lowest BCUT2D eigenvalue weighted by atomic mass is 10.3. The van der Waals surface area contributed by atoms with Crippen molar-refractivity contribution in [1.29, 1.82) is 0 Å². The molecule has 18 heavy (non-hydrogen) atoms. The molecular weight excluding hydrogens is 246 g/mol. The van der Waals surface area contributed by atoms with Crippen molar-refractivity contribution in [2.45, 2.75) is 19.1 Å². The highest BCUT2D eigenvalue weighted by Gasteiger charge is 2.16. The Balaban J connectivity index is 2.71. The highest BCUT2D eigenvalue weighted by Crippen LogP contribution is 2.12. The summed E-state index contributed by atoms with van der Waals surface area (Å²) in [5.41, 5.74) is 0. The third kappa shape index (κ3) is 4.38. The lowest BCUT2D eigenvalue weighted by Gasteiger charge is -2.12. The van der Waals surface area contributed by atoms with E-state index in [-0.39, 0.29) is 13.2 Å². The van der Waals surface area contributed by atoms with Gasteiger partial charge in [0.25, 0.3) is 6.43 Å². The van der Waals surface area contributed by atoms with Crippen LogP contribution in [0.4, 0.5) is 20.4 Å². The van der Waals surface area contributed by atoms with Crippen molar-refractivity contribution in [3.8, 4) is 0 Å². The molecule has 0 amide bonds. The van der Waals surface area contributed by atoms with E-state index in [9.17, 15) is 8.78 Å². The first-order valence-corrected chi connectivity index (χ1v) is 5.31. The number of rotatable bonds is 7. The van der Waals surface area contributed by atoms with Crippen molar-refractivity contribution in [2.75, 3.05) is 31.3 Å². The Kier molecular flexibility index (Phi) is 5.66. The van der Waals surface area contributed by atoms with E-state index in [1.807, 2.05) is 0 Å². The zero-order valence-corrected chi connectivity index (χ0v) is 10.2. The molecule has 0 fully saturated rings. The average Bonchev–Trinajstić information content (AvgIpc) is 2.35. The summed E-state index contributed by atoms with van der Waals surface area (Å²) in [5, 5.41) is 14.4. The minimum Gasteiger partial charge on any atom is -0.385 e. The molecule has 0 saturated heterocycles. The maximum atomic E-state index is 12.1. The molecule has 0 aliphatic heterocycles. The summed E-state index contributed by atoms with van der Waals surface area (Å²) in [6.45, 7) is -0.0775. The molecule has 0 saturated carbocycles. The number of methoxy groups -OCH3 is 1. The second-order valence-corrected chi connectivity index (χ2v) is 3.52. The number of aliphatic hydroxyl groups excluding tert-OH is 1. The van der Waals surface area contributed by atoms with Crippen LogP contribution in [0.25, 0.3) is 0 Å². The van der Waals surface area contributed by atoms with Gasteiger partial charge in [0.15, 0.2) is 5.82 Å². The van der Waals surface area contributed by atoms with Crippen molar-refractivity contribution in [1.82, 2.24) is 9.97 Å². The SMILES string of the molecule is CNc1cc(NCC(O)C(F)F)nc(COC)n1. The standard InChI is InChI=1S/C10H16F2N4O2/c1-13-7-3-8(14-4-6(17)10(11)12)16-9(15-7)5-18-2/h3,6,10,17H,4-5H2,1-2H3,(H2,13,14,15,16). The molecule has 1 aromatic heterocycles. The van der Waals surface area contributed by atoms with E-state index < -0.39 is 12.5 Å². The first kappa shape index (κ1) is 14.5. The quantitative estimate of drug-likeness (QED) is 0.671. The van der Waals surface area contributed by atoms with Gasteiger partial charge in [-0.3, -0.25) is 0 Å². The van der Waals surface area contributed by atoms with Crippen molar-refractivity contribution < 1.29 is 18.6 Å². The monoisotopic (exact) mass is 262 g/mol. The molecule has 3 N–H and O–H groups in total. The summed E-state index contributed by atoms with van der Waals surface area (Å²) in [6, 6.07) is 1.55. The van der Waals surface area contributed by atoms with Gasteiger partial charge in [0.05, 0.1) is 0 Å². The first-order chi connectivity index (χ1) is 8.56. The third-order valence-electron chi connectivity index (χ3n) is 2.09. The number of aliphatic hydroxyl groups is 1. The Bertz CT molecular complexity index is 379. The van der Waals surface area contributed by atoms with E-state index in [1.165, 1.54) is 7.11 Å². The predicted molar refractivity (Wildman–Crippen MR) is 62.8 cm³/mol. The highest BCUT2D eigenvalue weighted by molar-refractivity contribution is 5.47. The summed E-state index contributed by atoms with van der Waals surface area (Å²) >= 11 is 0. The van der Waals surface area contributed by atoms with E-state index >= 15 is 0 Å². The molecule has 102 valence electrons. The molecule has 8 heteroatoms. The predicted octanol–water partition coefficient (Wildman–Crippen LogP) is 0.703. The molecule has 0 aliphatic carbocycles. The van der Waals surface area contributed by atoms with Gasteiger partial charge >= 0.3 is 0 Å². The van der Waals surface area contributed by atoms with Crippen molar-refractivity contribution in [3.63, 3.8) is 0 Å². The molecule has 1 heterocycles. The van der Waals surface area contributed by atoms with Crippen LogP contribution in [0.5, 0.6) is 0 Å². The van der Waals surface area contributed by atoms with Gasteiger partial charge in [-0.1, -0.05) is 0 Å². The molecule has 0 aromatic carbocycles. The Morgan fingerprint density at radius 2 is 2.06 bits per heavy atom. The second-order valence-electron chi connectivity index (χ2n) is 3.52. The van der Waals surface area contributed by atoms with Crippen LogP contribution in [0.1, 0.15) is 5.82 Å². The van der Waals surface area contributed by atoms with Crippen molar-refractivity contribution in [3.05, 3.63) is 11.9 Å². The molecule has 0 bridgehead atoms. The van der Waals surface area contributed by atoms with E-state index in [1.54, 1.807) is 13.1 Å². The molecule has 1 unspecified atom stereocenters. The van der Waals surface area contributed by atoms with E-state index in [4.69, 9.17) is 9.84 Å². The van der Waals surface area contributed by atoms with Gasteiger partial charge in [0.2, 0.25) is 0 Å². The molecule has 1 rings (SSSR count). The molecule has 0 spiro atoms. The number of hydrogen-bond acceptors (Lipinski definition) is 6. The van der Waals surface area contributed by atoms with Gasteiger partial charge in [0, 0.05) is 26.8 Å². The Labute approximate surface area is 103 Å². The van der Waals surface area contributed by atoms with Crippen molar-refractivity contribution >= 4 is 11.6 Å². The number of alkyl halides is 2. The van der Waals surface area contributed by atoms with Gasteiger partial charge in [0.1, 0.15) is 24.3 Å². The van der Waals surface area contributed by atoms with Crippen LogP contribution >= 0.6 is 0 Å². The molecule has 0 aliphatic rings. The Morgan fingerprint density at radius 3 is 2.61 bits per heavy atom. The van der Waals surface area contributed by atoms with Crippen LogP contribution in [0, 0.1) is 0 Å². The molecule has 0 radical (unpaired) electrons. The highest BCUT2D eigenvalue weighted by atomic mass is 19.3. The number of hydrogen-bond donors (Lipinski definition) is 3. The Morgan fingerprint density at radius 1 is 1.39 bits per heavy atom. The van der Waals surface area contributed by atoms with E-state index in [0.29, 0.717) is 17.5 Å². The first-order valence-electron chi connectivity index (χ1n) is 5.31. The second kappa shape index (κ2) is 7.02. The van der Waals surface area contributed by atoms with Crippen LogP contribution in [0.2, 0.25) is 0 Å². The van der Waals surface area contributed by atoms with E-state index in [2.05, 4.69) is 20.6 Å². The van der Waals surface area contributed by atoms with Crippen LogP contribution in [-0.4, -0.2) is 48.3 Å². The lowest BCUT2D eigenvalue weighted by molar-refractivity contribution is 0.00380. The van der Waals surface area contributed by atoms with Gasteiger partial charge in [-0.15, -0.1) is 0 Å². The zero-order chi connectivity index (χ0) is 13.5. The van der Waals surface area contributed by atoms with Crippen LogP contribution in [-0.2, 0) is 11.3 Å². The van der Waals surface area contributed by atoms with Gasteiger partial charge in [-0.2, -0.15) is 0 Å². The topological polar surface area (TPSA) is 79.3 Å². The normalized spacial score (nSPS) is 12.6. The largest absolute Gasteiger partial charge is 0.385 e. The number of aromatic nitrogens is 2. The number of halogens is 2. The number of ether oxygens (including phenoxy) is 1. The fraction of sp³-hybridized carbons (Fsp3) is 0.600. The summed E-state index contributed by atoms with van der Waals surface area (Å²) < 4.78 is 29.1. The smallest absolute Gasteiger partial charge is 0.265 e. The summed E-state index contributed by atoms with van der Waals surface area (Å²) in [6.07, 6.45) is -4.52. The average molecular weight is 262 g/mol. The summed E-state index contributed by atoms with van der Waals surface area (Å²) in [5.74, 6) is 1.30. The van der Waals surface area contributed by atoms with Crippen molar-refractivity contribution in [2.24, 2.45) is 0 Å². The molecule has 1 atom stereocenters. The molecule has 1 aromatic rings. The van der Waals surface area contributed by atoms with Crippen LogP contribution in [0.3, 0.4) is 0 Å². The molecular formula is C10H16F2N4O2. The van der Waals surface area contributed by atoms with Crippen LogP contribution in [0.15, 0.2) is 6.07 Å². The van der Waals surface area contributed by atoms with E-state index in [0.717, 1.165) is 0 Å². The summed E-state index contributed by atoms with van der Waals surface area (Å²) in [7, 11) is 3.18. The Hall–Kier alpha value is -1.54. The van der Waals surface area contributed by atoms with Gasteiger partial charge < -0.3 is 20.5 Å². The minimum atomic E-state index is -2.79. The maximum Gasteiger partial charge on any atom is 0.265 e. The number of anilines is 2. The number of nitrogens with one attached hydrogen (secondary N) is 2. The summed E-state index contributed by atoms with van der Waals surface area (Å²) in [4.78, 5) is 8.17. The van der Waals surface area contributed by atoms with Gasteiger partial charge in [-0.25, -0.2) is 18.7 Å². The van der Waals surface area contributed by atoms with Gasteiger partial charge in [-0.05, 0) is 0 Å². The lowest BCUT2D eigenvalue weighted by Crippen LogP contribution is -2.27. The fourth-order valence-electron chi connectivity index (χ4n) is 1.21.